The molecule has 1 amide bonds. The molecule has 1 aromatic heterocycles. The summed E-state index contributed by atoms with van der Waals surface area (Å²) in [6.07, 6.45) is 4.75. The van der Waals surface area contributed by atoms with Gasteiger partial charge in [-0.15, -0.1) is 12.4 Å². The van der Waals surface area contributed by atoms with Gasteiger partial charge in [-0.2, -0.15) is 5.10 Å². The predicted octanol–water partition coefficient (Wildman–Crippen LogP) is 1.55. The molecule has 1 aliphatic heterocycles. The molecule has 2 N–H and O–H groups in total. The Morgan fingerprint density at radius 3 is 2.89 bits per heavy atom. The van der Waals surface area contributed by atoms with E-state index in [1.807, 2.05) is 4.90 Å². The summed E-state index contributed by atoms with van der Waals surface area (Å²) in [5, 5.41) is 4.65. The molecule has 2 rings (SSSR count). The molecule has 0 radical (unpaired) electrons. The largest absolute Gasteiger partial charge is 0.342 e. The van der Waals surface area contributed by atoms with E-state index in [0.29, 0.717) is 24.5 Å². The van der Waals surface area contributed by atoms with Gasteiger partial charge in [0.25, 0.3) is 0 Å². The zero-order valence-corrected chi connectivity index (χ0v) is 12.6. The van der Waals surface area contributed by atoms with Crippen LogP contribution in [-0.4, -0.2) is 40.2 Å². The van der Waals surface area contributed by atoms with E-state index in [1.54, 1.807) is 17.1 Å². The van der Waals surface area contributed by atoms with Crippen LogP contribution in [0, 0.1) is 5.41 Å². The third-order valence-corrected chi connectivity index (χ3v) is 3.76. The lowest BCUT2D eigenvalue weighted by Gasteiger charge is -2.22. The molecule has 1 unspecified atom stereocenters. The van der Waals surface area contributed by atoms with Gasteiger partial charge in [0.05, 0.1) is 11.2 Å². The van der Waals surface area contributed by atoms with E-state index in [2.05, 4.69) is 12.0 Å². The lowest BCUT2D eigenvalue weighted by atomic mass is 9.90. The van der Waals surface area contributed by atoms with Crippen molar-refractivity contribution >= 4 is 29.9 Å². The van der Waals surface area contributed by atoms with E-state index >= 15 is 0 Å². The fourth-order valence-corrected chi connectivity index (χ4v) is 2.39. The van der Waals surface area contributed by atoms with E-state index in [1.165, 1.54) is 0 Å². The summed E-state index contributed by atoms with van der Waals surface area (Å²) in [5.41, 5.74) is 5.82. The molecule has 0 aliphatic carbocycles. The van der Waals surface area contributed by atoms with Crippen LogP contribution < -0.4 is 5.73 Å². The standard InChI is InChI=1S/C12H19ClN4O.ClH/c1-12(8-14)3-5-16(9-12)11(18)2-4-17-7-10(13)6-15-17;/h6-7H,2-5,8-9,14H2,1H3;1H. The Hall–Kier alpha value is -0.780. The number of carbonyl (C=O) groups is 1. The van der Waals surface area contributed by atoms with Gasteiger partial charge in [-0.05, 0) is 18.4 Å². The van der Waals surface area contributed by atoms with Crippen LogP contribution in [-0.2, 0) is 11.3 Å². The lowest BCUT2D eigenvalue weighted by Crippen LogP contribution is -2.34. The summed E-state index contributed by atoms with van der Waals surface area (Å²) >= 11 is 5.77. The molecule has 0 aromatic carbocycles. The van der Waals surface area contributed by atoms with Gasteiger partial charge < -0.3 is 10.6 Å². The molecule has 2 heterocycles. The van der Waals surface area contributed by atoms with E-state index < -0.39 is 0 Å². The van der Waals surface area contributed by atoms with E-state index in [-0.39, 0.29) is 23.7 Å². The molecule has 1 aliphatic rings. The number of rotatable bonds is 4. The average Bonchev–Trinajstić information content (AvgIpc) is 2.94. The van der Waals surface area contributed by atoms with Crippen molar-refractivity contribution in [2.75, 3.05) is 19.6 Å². The molecule has 1 fully saturated rings. The average molecular weight is 307 g/mol. The van der Waals surface area contributed by atoms with Crippen molar-refractivity contribution in [3.8, 4) is 0 Å². The summed E-state index contributed by atoms with van der Waals surface area (Å²) in [6, 6.07) is 0. The third kappa shape index (κ3) is 4.09. The number of aryl methyl sites for hydroxylation is 1. The number of aromatic nitrogens is 2. The van der Waals surface area contributed by atoms with Gasteiger partial charge in [0.1, 0.15) is 0 Å². The number of hydrogen-bond acceptors (Lipinski definition) is 3. The van der Waals surface area contributed by atoms with Gasteiger partial charge in [0.2, 0.25) is 5.91 Å². The van der Waals surface area contributed by atoms with Crippen LogP contribution >= 0.6 is 24.0 Å². The minimum absolute atomic E-state index is 0. The summed E-state index contributed by atoms with van der Waals surface area (Å²) in [6.45, 7) is 4.91. The maximum absolute atomic E-state index is 12.0. The van der Waals surface area contributed by atoms with Crippen LogP contribution in [0.4, 0.5) is 0 Å². The fourth-order valence-electron chi connectivity index (χ4n) is 2.23. The SMILES string of the molecule is CC1(CN)CCN(C(=O)CCn2cc(Cl)cn2)C1.Cl. The van der Waals surface area contributed by atoms with Crippen molar-refractivity contribution in [2.24, 2.45) is 11.1 Å². The van der Waals surface area contributed by atoms with Gasteiger partial charge in [0, 0.05) is 32.3 Å². The van der Waals surface area contributed by atoms with Gasteiger partial charge in [-0.3, -0.25) is 9.48 Å². The quantitative estimate of drug-likeness (QED) is 0.918. The highest BCUT2D eigenvalue weighted by molar-refractivity contribution is 6.30. The first-order valence-corrected chi connectivity index (χ1v) is 6.56. The molecule has 0 bridgehead atoms. The van der Waals surface area contributed by atoms with Crippen LogP contribution in [0.1, 0.15) is 19.8 Å². The Morgan fingerprint density at radius 2 is 2.37 bits per heavy atom. The van der Waals surface area contributed by atoms with Crippen molar-refractivity contribution in [2.45, 2.75) is 26.3 Å². The molecule has 5 nitrogen and oxygen atoms in total. The highest BCUT2D eigenvalue weighted by atomic mass is 35.5. The topological polar surface area (TPSA) is 64.2 Å². The van der Waals surface area contributed by atoms with Crippen LogP contribution in [0.25, 0.3) is 0 Å². The fraction of sp³-hybridized carbons (Fsp3) is 0.667. The number of carbonyl (C=O) groups excluding carboxylic acids is 1. The van der Waals surface area contributed by atoms with Crippen LogP contribution in [0.2, 0.25) is 5.02 Å². The normalized spacial score (nSPS) is 22.4. The van der Waals surface area contributed by atoms with Gasteiger partial charge in [-0.1, -0.05) is 18.5 Å². The van der Waals surface area contributed by atoms with Gasteiger partial charge in [0.15, 0.2) is 0 Å². The molecule has 1 aromatic rings. The van der Waals surface area contributed by atoms with Gasteiger partial charge >= 0.3 is 0 Å². The Balaban J connectivity index is 0.00000180. The summed E-state index contributed by atoms with van der Waals surface area (Å²) in [7, 11) is 0. The third-order valence-electron chi connectivity index (χ3n) is 3.56. The summed E-state index contributed by atoms with van der Waals surface area (Å²) < 4.78 is 1.69. The van der Waals surface area contributed by atoms with Crippen LogP contribution in [0.5, 0.6) is 0 Å². The Labute approximate surface area is 124 Å². The second-order valence-electron chi connectivity index (χ2n) is 5.25. The molecule has 108 valence electrons. The second-order valence-corrected chi connectivity index (χ2v) is 5.69. The monoisotopic (exact) mass is 306 g/mol. The molecular formula is C12H20Cl2N4O. The highest BCUT2D eigenvalue weighted by Crippen LogP contribution is 2.28. The highest BCUT2D eigenvalue weighted by Gasteiger charge is 2.34. The first-order chi connectivity index (χ1) is 8.52. The maximum atomic E-state index is 12.0. The van der Waals surface area contributed by atoms with Crippen molar-refractivity contribution in [3.05, 3.63) is 17.4 Å². The molecule has 1 atom stereocenters. The number of halogens is 2. The Morgan fingerprint density at radius 1 is 1.63 bits per heavy atom. The van der Waals surface area contributed by atoms with E-state index in [0.717, 1.165) is 19.5 Å². The molecule has 0 saturated carbocycles. The van der Waals surface area contributed by atoms with Crippen molar-refractivity contribution < 1.29 is 4.79 Å². The Bertz CT molecular complexity index is 437. The molecule has 1 saturated heterocycles. The number of hydrogen-bond donors (Lipinski definition) is 1. The van der Waals surface area contributed by atoms with Crippen molar-refractivity contribution in [1.29, 1.82) is 0 Å². The minimum atomic E-state index is 0. The first kappa shape index (κ1) is 16.3. The first-order valence-electron chi connectivity index (χ1n) is 6.18. The molecule has 19 heavy (non-hydrogen) atoms. The zero-order chi connectivity index (χ0) is 13.2. The Kier molecular flexibility index (Phi) is 5.64. The van der Waals surface area contributed by atoms with Gasteiger partial charge in [-0.25, -0.2) is 0 Å². The number of likely N-dealkylation sites (tertiary alicyclic amines) is 1. The number of nitrogens with two attached hydrogens (primary N) is 1. The second kappa shape index (κ2) is 6.59. The van der Waals surface area contributed by atoms with Crippen LogP contribution in [0.15, 0.2) is 12.4 Å². The van der Waals surface area contributed by atoms with E-state index in [9.17, 15) is 4.79 Å². The molecule has 0 spiro atoms. The van der Waals surface area contributed by atoms with Crippen LogP contribution in [0.3, 0.4) is 0 Å². The van der Waals surface area contributed by atoms with Crippen molar-refractivity contribution in [3.63, 3.8) is 0 Å². The molecule has 7 heteroatoms. The smallest absolute Gasteiger partial charge is 0.224 e. The predicted molar refractivity (Wildman–Crippen MR) is 77.5 cm³/mol. The lowest BCUT2D eigenvalue weighted by molar-refractivity contribution is -0.130. The molecular weight excluding hydrogens is 287 g/mol. The minimum Gasteiger partial charge on any atom is -0.342 e. The summed E-state index contributed by atoms with van der Waals surface area (Å²) in [5.74, 6) is 0.166. The van der Waals surface area contributed by atoms with E-state index in [4.69, 9.17) is 17.3 Å². The summed E-state index contributed by atoms with van der Waals surface area (Å²) in [4.78, 5) is 13.9. The number of amides is 1. The van der Waals surface area contributed by atoms with Crippen molar-refractivity contribution in [1.82, 2.24) is 14.7 Å². The number of nitrogens with zero attached hydrogens (tertiary/aromatic N) is 3. The zero-order valence-electron chi connectivity index (χ0n) is 11.0. The maximum Gasteiger partial charge on any atom is 0.224 e.